The van der Waals surface area contributed by atoms with Gasteiger partial charge >= 0.3 is 0 Å². The second kappa shape index (κ2) is 19.7. The van der Waals surface area contributed by atoms with Crippen LogP contribution in [-0.4, -0.2) is 78.2 Å². The zero-order valence-electron chi connectivity index (χ0n) is 27.8. The maximum atomic E-state index is 13.6. The fourth-order valence-electron chi connectivity index (χ4n) is 4.80. The van der Waals surface area contributed by atoms with E-state index in [2.05, 4.69) is 31.9 Å². The van der Waals surface area contributed by atoms with E-state index < -0.39 is 65.8 Å². The van der Waals surface area contributed by atoms with Crippen LogP contribution in [0.3, 0.4) is 0 Å². The van der Waals surface area contributed by atoms with Crippen LogP contribution in [0.25, 0.3) is 0 Å². The quantitative estimate of drug-likeness (QED) is 0.113. The lowest BCUT2D eigenvalue weighted by atomic mass is 10.0. The van der Waals surface area contributed by atoms with Gasteiger partial charge in [-0.25, -0.2) is 0 Å². The molecule has 256 valence electrons. The number of nitrogens with one attached hydrogen (secondary N) is 6. The molecule has 13 heteroatoms. The van der Waals surface area contributed by atoms with Crippen molar-refractivity contribution >= 4 is 35.4 Å². The monoisotopic (exact) mass is 651 g/mol. The van der Waals surface area contributed by atoms with Crippen LogP contribution in [-0.2, 0) is 41.6 Å². The first kappa shape index (κ1) is 38.4. The minimum atomic E-state index is -0.905. The van der Waals surface area contributed by atoms with Gasteiger partial charge in [-0.05, 0) is 50.7 Å². The molecule has 0 saturated carbocycles. The molecule has 47 heavy (non-hydrogen) atoms. The topological polar surface area (TPSA) is 201 Å². The molecule has 0 fully saturated rings. The van der Waals surface area contributed by atoms with Crippen LogP contribution in [0.15, 0.2) is 60.7 Å². The summed E-state index contributed by atoms with van der Waals surface area (Å²) in [5.74, 6) is -2.91. The van der Waals surface area contributed by atoms with Crippen molar-refractivity contribution in [2.45, 2.75) is 96.6 Å². The Morgan fingerprint density at radius 1 is 0.596 bits per heavy atom. The van der Waals surface area contributed by atoms with Crippen LogP contribution < -0.4 is 37.6 Å². The molecule has 0 spiro atoms. The maximum absolute atomic E-state index is 13.6. The Kier molecular flexibility index (Phi) is 16.1. The van der Waals surface area contributed by atoms with E-state index in [-0.39, 0.29) is 18.9 Å². The van der Waals surface area contributed by atoms with Gasteiger partial charge in [-0.15, -0.1) is 0 Å². The second-order valence-electron chi connectivity index (χ2n) is 11.5. The molecule has 0 aromatic heterocycles. The number of benzene rings is 2. The minimum Gasteiger partial charge on any atom is -0.368 e. The van der Waals surface area contributed by atoms with Crippen molar-refractivity contribution in [2.75, 3.05) is 6.54 Å². The van der Waals surface area contributed by atoms with E-state index >= 15 is 0 Å². The third kappa shape index (κ3) is 13.6. The van der Waals surface area contributed by atoms with Gasteiger partial charge in [0.1, 0.15) is 24.2 Å². The largest absolute Gasteiger partial charge is 0.368 e. The number of hydrogen-bond donors (Lipinski definition) is 7. The fourth-order valence-corrected chi connectivity index (χ4v) is 4.80. The molecule has 2 rings (SSSR count). The summed E-state index contributed by atoms with van der Waals surface area (Å²) in [6.45, 7) is 8.00. The van der Waals surface area contributed by atoms with Gasteiger partial charge in [0.15, 0.2) is 0 Å². The lowest BCUT2D eigenvalue weighted by molar-refractivity contribution is -0.132. The standard InChI is InChI=1S/C34H49N7O6/c1-6-27(32(45)38-21(3)30(35)43)41-34(47)29(19-25-16-12-9-13-17-25)36-20-26(18-24-14-10-8-11-15-24)39-33(46)28(7-2)40-31(44)22(4)37-23(5)42/h8-17,21-22,26-29,36H,6-7,18-20H2,1-5H3,(H2,35,43)(H,37,42)(H,38,45)(H,39,46)(H,40,44)(H,41,47)/t21-,22-,26?,27-,28-,29-/m0/s1. The molecule has 13 nitrogen and oxygen atoms in total. The Balaban J connectivity index is 2.25. The van der Waals surface area contributed by atoms with Crippen molar-refractivity contribution < 1.29 is 28.8 Å². The summed E-state index contributed by atoms with van der Waals surface area (Å²) < 4.78 is 0. The van der Waals surface area contributed by atoms with E-state index in [0.717, 1.165) is 11.1 Å². The zero-order chi connectivity index (χ0) is 34.9. The van der Waals surface area contributed by atoms with Gasteiger partial charge in [0.25, 0.3) is 0 Å². The number of carbonyl (C=O) groups excluding carboxylic acids is 6. The number of primary amides is 1. The van der Waals surface area contributed by atoms with E-state index in [9.17, 15) is 28.8 Å². The van der Waals surface area contributed by atoms with E-state index in [0.29, 0.717) is 19.3 Å². The molecular weight excluding hydrogens is 602 g/mol. The number of hydrogen-bond acceptors (Lipinski definition) is 7. The first-order valence-corrected chi connectivity index (χ1v) is 15.9. The van der Waals surface area contributed by atoms with E-state index in [1.54, 1.807) is 13.8 Å². The molecule has 1 unspecified atom stereocenters. The normalized spacial score (nSPS) is 14.7. The summed E-state index contributed by atoms with van der Waals surface area (Å²) in [6, 6.07) is 14.1. The Morgan fingerprint density at radius 3 is 1.55 bits per heavy atom. The van der Waals surface area contributed by atoms with Gasteiger partial charge in [0.05, 0.1) is 6.04 Å². The number of rotatable bonds is 19. The van der Waals surface area contributed by atoms with Gasteiger partial charge in [0, 0.05) is 19.5 Å². The number of amides is 6. The summed E-state index contributed by atoms with van der Waals surface area (Å²) in [7, 11) is 0. The lowest BCUT2D eigenvalue weighted by Crippen LogP contribution is -2.58. The SMILES string of the molecule is CC[C@H](NC(=O)[C@H](C)NC(C)=O)C(=O)NC(CN[C@@H](Cc1ccccc1)C(=O)N[C@@H](CC)C(=O)N[C@@H](C)C(N)=O)Cc1ccccc1. The Bertz CT molecular complexity index is 1340. The summed E-state index contributed by atoms with van der Waals surface area (Å²) in [6.07, 6.45) is 1.31. The highest BCUT2D eigenvalue weighted by Gasteiger charge is 2.28. The molecule has 2 aromatic carbocycles. The van der Waals surface area contributed by atoms with Crippen molar-refractivity contribution in [1.29, 1.82) is 0 Å². The first-order chi connectivity index (χ1) is 22.3. The smallest absolute Gasteiger partial charge is 0.243 e. The van der Waals surface area contributed by atoms with Crippen molar-refractivity contribution in [1.82, 2.24) is 31.9 Å². The van der Waals surface area contributed by atoms with E-state index in [1.807, 2.05) is 60.7 Å². The van der Waals surface area contributed by atoms with Crippen molar-refractivity contribution in [3.63, 3.8) is 0 Å². The summed E-state index contributed by atoms with van der Waals surface area (Å²) in [5, 5.41) is 16.8. The molecule has 6 atom stereocenters. The molecule has 0 aliphatic rings. The highest BCUT2D eigenvalue weighted by molar-refractivity contribution is 5.93. The highest BCUT2D eigenvalue weighted by atomic mass is 16.2. The van der Waals surface area contributed by atoms with E-state index in [4.69, 9.17) is 5.73 Å². The predicted molar refractivity (Wildman–Crippen MR) is 179 cm³/mol. The van der Waals surface area contributed by atoms with Crippen molar-refractivity contribution in [2.24, 2.45) is 5.73 Å². The Hall–Kier alpha value is -4.78. The lowest BCUT2D eigenvalue weighted by Gasteiger charge is -2.27. The van der Waals surface area contributed by atoms with Crippen LogP contribution in [0.5, 0.6) is 0 Å². The fraction of sp³-hybridized carbons (Fsp3) is 0.471. The van der Waals surface area contributed by atoms with Crippen LogP contribution in [0.1, 0.15) is 58.6 Å². The van der Waals surface area contributed by atoms with E-state index in [1.165, 1.54) is 20.8 Å². The molecule has 2 aromatic rings. The molecule has 0 bridgehead atoms. The predicted octanol–water partition coefficient (Wildman–Crippen LogP) is 0.219. The van der Waals surface area contributed by atoms with Gasteiger partial charge in [-0.2, -0.15) is 0 Å². The second-order valence-corrected chi connectivity index (χ2v) is 11.5. The summed E-state index contributed by atoms with van der Waals surface area (Å²) in [5.41, 5.74) is 7.11. The Labute approximate surface area is 276 Å². The summed E-state index contributed by atoms with van der Waals surface area (Å²) >= 11 is 0. The van der Waals surface area contributed by atoms with Crippen LogP contribution >= 0.6 is 0 Å². The average molecular weight is 652 g/mol. The average Bonchev–Trinajstić information content (AvgIpc) is 3.04. The maximum Gasteiger partial charge on any atom is 0.243 e. The van der Waals surface area contributed by atoms with Gasteiger partial charge in [-0.1, -0.05) is 74.5 Å². The highest BCUT2D eigenvalue weighted by Crippen LogP contribution is 2.08. The summed E-state index contributed by atoms with van der Waals surface area (Å²) in [4.78, 5) is 75.4. The third-order valence-corrected chi connectivity index (χ3v) is 7.56. The van der Waals surface area contributed by atoms with Gasteiger partial charge in [-0.3, -0.25) is 28.8 Å². The van der Waals surface area contributed by atoms with Crippen LogP contribution in [0, 0.1) is 0 Å². The molecule has 0 aliphatic heterocycles. The van der Waals surface area contributed by atoms with Crippen molar-refractivity contribution in [3.05, 3.63) is 71.8 Å². The van der Waals surface area contributed by atoms with Crippen molar-refractivity contribution in [3.8, 4) is 0 Å². The molecule has 0 heterocycles. The molecule has 0 radical (unpaired) electrons. The third-order valence-electron chi connectivity index (χ3n) is 7.56. The number of carbonyl (C=O) groups is 6. The molecule has 0 saturated heterocycles. The van der Waals surface area contributed by atoms with Crippen LogP contribution in [0.2, 0.25) is 0 Å². The van der Waals surface area contributed by atoms with Gasteiger partial charge in [0.2, 0.25) is 35.4 Å². The molecular formula is C34H49N7O6. The van der Waals surface area contributed by atoms with Gasteiger partial charge < -0.3 is 37.6 Å². The Morgan fingerprint density at radius 2 is 1.06 bits per heavy atom. The zero-order valence-corrected chi connectivity index (χ0v) is 27.8. The van der Waals surface area contributed by atoms with Crippen LogP contribution in [0.4, 0.5) is 0 Å². The molecule has 6 amide bonds. The minimum absolute atomic E-state index is 0.180. The first-order valence-electron chi connectivity index (χ1n) is 15.9. The molecule has 8 N–H and O–H groups in total. The molecule has 0 aliphatic carbocycles. The number of nitrogens with two attached hydrogens (primary N) is 1.